The molecule has 0 aliphatic carbocycles. The molecular formula is C18H18N2O5S. The summed E-state index contributed by atoms with van der Waals surface area (Å²) in [5, 5.41) is 11.9. The van der Waals surface area contributed by atoms with E-state index in [9.17, 15) is 18.5 Å². The number of rotatable bonds is 4. The van der Waals surface area contributed by atoms with E-state index < -0.39 is 21.8 Å². The van der Waals surface area contributed by atoms with Crippen LogP contribution in [0.15, 0.2) is 35.4 Å². The molecule has 2 aliphatic rings. The zero-order valence-corrected chi connectivity index (χ0v) is 15.0. The normalized spacial score (nSPS) is 21.0. The summed E-state index contributed by atoms with van der Waals surface area (Å²) in [4.78, 5) is 12.3. The van der Waals surface area contributed by atoms with Gasteiger partial charge in [0, 0.05) is 11.6 Å². The van der Waals surface area contributed by atoms with Gasteiger partial charge in [0.1, 0.15) is 18.2 Å². The van der Waals surface area contributed by atoms with Crippen molar-refractivity contribution in [3.05, 3.63) is 41.0 Å². The van der Waals surface area contributed by atoms with Gasteiger partial charge >= 0.3 is 0 Å². The first-order valence-electron chi connectivity index (χ1n) is 8.05. The number of sulfone groups is 1. The van der Waals surface area contributed by atoms with Crippen molar-refractivity contribution >= 4 is 21.8 Å². The summed E-state index contributed by atoms with van der Waals surface area (Å²) >= 11 is 0. The number of fused-ring (bicyclic) bond motifs is 1. The molecule has 1 atom stereocenters. The number of para-hydroxylation sites is 1. The molecule has 0 radical (unpaired) electrons. The summed E-state index contributed by atoms with van der Waals surface area (Å²) in [7, 11) is -1.55. The minimum atomic E-state index is -3.10. The third-order valence-electron chi connectivity index (χ3n) is 4.22. The highest BCUT2D eigenvalue weighted by Gasteiger charge is 2.29. The number of nitrogens with one attached hydrogen (secondary N) is 1. The number of amides is 1. The molecule has 2 aliphatic heterocycles. The van der Waals surface area contributed by atoms with E-state index in [2.05, 4.69) is 5.32 Å². The molecule has 7 nitrogen and oxygen atoms in total. The molecule has 26 heavy (non-hydrogen) atoms. The maximum absolute atomic E-state index is 12.3. The second kappa shape index (κ2) is 7.22. The summed E-state index contributed by atoms with van der Waals surface area (Å²) in [6, 6.07) is 6.87. The summed E-state index contributed by atoms with van der Waals surface area (Å²) < 4.78 is 33.9. The van der Waals surface area contributed by atoms with Crippen LogP contribution in [0, 0.1) is 11.3 Å². The number of hydrogen-bond acceptors (Lipinski definition) is 6. The van der Waals surface area contributed by atoms with Crippen molar-refractivity contribution < 1.29 is 22.7 Å². The Bertz CT molecular complexity index is 941. The summed E-state index contributed by atoms with van der Waals surface area (Å²) in [6.07, 6.45) is 3.65. The van der Waals surface area contributed by atoms with Gasteiger partial charge in [0.2, 0.25) is 0 Å². The Balaban J connectivity index is 1.78. The van der Waals surface area contributed by atoms with Crippen molar-refractivity contribution in [2.45, 2.75) is 12.5 Å². The Hall–Kier alpha value is -2.79. The van der Waals surface area contributed by atoms with E-state index in [4.69, 9.17) is 9.47 Å². The number of hydrogen-bond donors (Lipinski definition) is 1. The molecule has 2 heterocycles. The molecule has 136 valence electrons. The standard InChI is InChI=1S/C18H18N2O5S/c1-24-16-4-2-3-13-7-12(10-25-17(13)16)8-14(9-19)18(21)20-15-5-6-26(22,23)11-15/h2-4,7-8,15H,5-6,10-11H2,1H3,(H,20,21)/b14-8-. The van der Waals surface area contributed by atoms with Gasteiger partial charge in [-0.15, -0.1) is 0 Å². The molecule has 0 bridgehead atoms. The molecule has 3 rings (SSSR count). The van der Waals surface area contributed by atoms with Crippen LogP contribution in [0.4, 0.5) is 0 Å². The zero-order chi connectivity index (χ0) is 18.7. The molecule has 1 unspecified atom stereocenters. The van der Waals surface area contributed by atoms with Crippen LogP contribution in [0.25, 0.3) is 6.08 Å². The van der Waals surface area contributed by atoms with Crippen LogP contribution in [0.2, 0.25) is 0 Å². The van der Waals surface area contributed by atoms with Gasteiger partial charge in [-0.2, -0.15) is 5.26 Å². The Kier molecular flexibility index (Phi) is 5.00. The van der Waals surface area contributed by atoms with Crippen molar-refractivity contribution in [1.29, 1.82) is 5.26 Å². The van der Waals surface area contributed by atoms with Crippen LogP contribution in [-0.4, -0.2) is 45.6 Å². The Morgan fingerprint density at radius 2 is 2.27 bits per heavy atom. The average molecular weight is 374 g/mol. The third kappa shape index (κ3) is 3.89. The van der Waals surface area contributed by atoms with Gasteiger partial charge in [-0.1, -0.05) is 12.1 Å². The molecular weight excluding hydrogens is 356 g/mol. The Labute approximate surface area is 151 Å². The van der Waals surface area contributed by atoms with Crippen molar-refractivity contribution in [1.82, 2.24) is 5.32 Å². The van der Waals surface area contributed by atoms with E-state index in [-0.39, 0.29) is 23.7 Å². The number of ether oxygens (including phenoxy) is 2. The molecule has 1 fully saturated rings. The number of benzene rings is 1. The highest BCUT2D eigenvalue weighted by atomic mass is 32.2. The topological polar surface area (TPSA) is 105 Å². The van der Waals surface area contributed by atoms with Crippen LogP contribution in [-0.2, 0) is 14.6 Å². The Morgan fingerprint density at radius 1 is 1.46 bits per heavy atom. The van der Waals surface area contributed by atoms with Crippen molar-refractivity contribution in [2.24, 2.45) is 0 Å². The third-order valence-corrected chi connectivity index (χ3v) is 5.98. The van der Waals surface area contributed by atoms with Gasteiger partial charge in [-0.25, -0.2) is 8.42 Å². The fourth-order valence-corrected chi connectivity index (χ4v) is 4.62. The zero-order valence-electron chi connectivity index (χ0n) is 14.2. The van der Waals surface area contributed by atoms with E-state index in [0.717, 1.165) is 5.56 Å². The lowest BCUT2D eigenvalue weighted by Gasteiger charge is -2.18. The second-order valence-corrected chi connectivity index (χ2v) is 8.36. The van der Waals surface area contributed by atoms with Gasteiger partial charge in [0.05, 0.1) is 18.6 Å². The molecule has 1 amide bonds. The molecule has 0 saturated carbocycles. The lowest BCUT2D eigenvalue weighted by Crippen LogP contribution is -2.36. The first-order valence-corrected chi connectivity index (χ1v) is 9.87. The SMILES string of the molecule is COc1cccc2c1OCC(/C=C(/C#N)C(=O)NC1CCS(=O)(=O)C1)=C2. The maximum Gasteiger partial charge on any atom is 0.262 e. The fourth-order valence-electron chi connectivity index (χ4n) is 2.95. The van der Waals surface area contributed by atoms with Crippen LogP contribution in [0.1, 0.15) is 12.0 Å². The smallest absolute Gasteiger partial charge is 0.262 e. The van der Waals surface area contributed by atoms with Crippen LogP contribution in [0.5, 0.6) is 11.5 Å². The monoisotopic (exact) mass is 374 g/mol. The van der Waals surface area contributed by atoms with E-state index in [1.54, 1.807) is 13.2 Å². The first kappa shape index (κ1) is 18.0. The predicted octanol–water partition coefficient (Wildman–Crippen LogP) is 1.22. The van der Waals surface area contributed by atoms with Crippen LogP contribution in [0.3, 0.4) is 0 Å². The number of carbonyl (C=O) groups is 1. The van der Waals surface area contributed by atoms with Crippen molar-refractivity contribution in [2.75, 3.05) is 25.2 Å². The molecule has 0 spiro atoms. The number of carbonyl (C=O) groups excluding carboxylic acids is 1. The van der Waals surface area contributed by atoms with Gasteiger partial charge in [-0.3, -0.25) is 4.79 Å². The Morgan fingerprint density at radius 3 is 2.92 bits per heavy atom. The second-order valence-electron chi connectivity index (χ2n) is 6.13. The molecule has 8 heteroatoms. The first-order chi connectivity index (χ1) is 12.4. The highest BCUT2D eigenvalue weighted by molar-refractivity contribution is 7.91. The van der Waals surface area contributed by atoms with Gasteiger partial charge in [0.15, 0.2) is 21.3 Å². The van der Waals surface area contributed by atoms with Crippen LogP contribution < -0.4 is 14.8 Å². The van der Waals surface area contributed by atoms with Crippen molar-refractivity contribution in [3.63, 3.8) is 0 Å². The molecule has 1 N–H and O–H groups in total. The largest absolute Gasteiger partial charge is 0.493 e. The van der Waals surface area contributed by atoms with E-state index >= 15 is 0 Å². The summed E-state index contributed by atoms with van der Waals surface area (Å²) in [5.74, 6) is 0.623. The van der Waals surface area contributed by atoms with E-state index in [1.165, 1.54) is 6.08 Å². The minimum absolute atomic E-state index is 0.0567. The average Bonchev–Trinajstić information content (AvgIpc) is 2.97. The molecule has 1 aromatic rings. The number of methoxy groups -OCH3 is 1. The van der Waals surface area contributed by atoms with Crippen LogP contribution >= 0.6 is 0 Å². The molecule has 0 aromatic heterocycles. The molecule has 1 aromatic carbocycles. The molecule has 1 saturated heterocycles. The quantitative estimate of drug-likeness (QED) is 0.628. The van der Waals surface area contributed by atoms with Crippen molar-refractivity contribution in [3.8, 4) is 17.6 Å². The lowest BCUT2D eigenvalue weighted by molar-refractivity contribution is -0.117. The van der Waals surface area contributed by atoms with Gasteiger partial charge in [0.25, 0.3) is 5.91 Å². The van der Waals surface area contributed by atoms with E-state index in [0.29, 0.717) is 23.5 Å². The summed E-state index contributed by atoms with van der Waals surface area (Å²) in [5.41, 5.74) is 1.37. The summed E-state index contributed by atoms with van der Waals surface area (Å²) in [6.45, 7) is 0.198. The maximum atomic E-state index is 12.3. The van der Waals surface area contributed by atoms with Gasteiger partial charge in [-0.05, 0) is 30.2 Å². The fraction of sp³-hybridized carbons (Fsp3) is 0.333. The van der Waals surface area contributed by atoms with Gasteiger partial charge < -0.3 is 14.8 Å². The number of nitrogens with zero attached hydrogens (tertiary/aromatic N) is 1. The predicted molar refractivity (Wildman–Crippen MR) is 95.4 cm³/mol. The lowest BCUT2D eigenvalue weighted by atomic mass is 10.0. The van der Waals surface area contributed by atoms with E-state index in [1.807, 2.05) is 24.3 Å². The minimum Gasteiger partial charge on any atom is -0.493 e. The number of nitriles is 1. The highest BCUT2D eigenvalue weighted by Crippen LogP contribution is 2.35.